The molecule has 0 aromatic rings. The highest BCUT2D eigenvalue weighted by Gasteiger charge is 2.37. The molecule has 1 saturated heterocycles. The predicted molar refractivity (Wildman–Crippen MR) is 58.4 cm³/mol. The molecular weight excluding hydrogens is 194 g/mol. The third kappa shape index (κ3) is 3.35. The van der Waals surface area contributed by atoms with Gasteiger partial charge in [0.1, 0.15) is 5.60 Å². The first-order valence-corrected chi connectivity index (χ1v) is 5.23. The molecule has 15 heavy (non-hydrogen) atoms. The first-order valence-electron chi connectivity index (χ1n) is 5.23. The lowest BCUT2D eigenvalue weighted by atomic mass is 10.0. The highest BCUT2D eigenvalue weighted by atomic mass is 16.6. The molecule has 1 rings (SSSR count). The molecule has 5 nitrogen and oxygen atoms in total. The van der Waals surface area contributed by atoms with E-state index in [-0.39, 0.29) is 6.09 Å². The Morgan fingerprint density at radius 2 is 2.13 bits per heavy atom. The van der Waals surface area contributed by atoms with Crippen LogP contribution >= 0.6 is 0 Å². The van der Waals surface area contributed by atoms with Crippen LogP contribution in [0.5, 0.6) is 0 Å². The second-order valence-electron chi connectivity index (χ2n) is 5.22. The van der Waals surface area contributed by atoms with Crippen LogP contribution in [0.15, 0.2) is 0 Å². The highest BCUT2D eigenvalue weighted by molar-refractivity contribution is 5.68. The van der Waals surface area contributed by atoms with Crippen molar-refractivity contribution < 1.29 is 9.53 Å². The minimum Gasteiger partial charge on any atom is -0.444 e. The van der Waals surface area contributed by atoms with E-state index >= 15 is 0 Å². The van der Waals surface area contributed by atoms with Crippen LogP contribution in [0.1, 0.15) is 27.2 Å². The normalized spacial score (nSPS) is 26.9. The molecule has 0 unspecified atom stereocenters. The Labute approximate surface area is 90.7 Å². The maximum Gasteiger partial charge on any atom is 0.410 e. The number of nitrogens with zero attached hydrogens (tertiary/aromatic N) is 1. The second-order valence-corrected chi connectivity index (χ2v) is 5.22. The average molecular weight is 215 g/mol. The summed E-state index contributed by atoms with van der Waals surface area (Å²) in [6, 6.07) is 0. The van der Waals surface area contributed by atoms with E-state index in [2.05, 4.69) is 0 Å². The van der Waals surface area contributed by atoms with Crippen LogP contribution in [-0.4, -0.2) is 41.8 Å². The van der Waals surface area contributed by atoms with Crippen molar-refractivity contribution in [3.05, 3.63) is 0 Å². The molecule has 1 atom stereocenters. The number of amides is 1. The number of carbonyl (C=O) groups is 1. The number of hydrogen-bond acceptors (Lipinski definition) is 4. The van der Waals surface area contributed by atoms with E-state index in [4.69, 9.17) is 16.2 Å². The number of likely N-dealkylation sites (tertiary alicyclic amines) is 1. The SMILES string of the molecule is CC(C)(C)OC(=O)N1CC[C@@](N)(CN)C1. The predicted octanol–water partition coefficient (Wildman–Crippen LogP) is 0.283. The van der Waals surface area contributed by atoms with Crippen molar-refractivity contribution in [2.75, 3.05) is 19.6 Å². The van der Waals surface area contributed by atoms with Gasteiger partial charge in [0.05, 0.1) is 0 Å². The molecule has 88 valence electrons. The summed E-state index contributed by atoms with van der Waals surface area (Å²) in [7, 11) is 0. The number of hydrogen-bond donors (Lipinski definition) is 2. The third-order valence-electron chi connectivity index (χ3n) is 2.44. The lowest BCUT2D eigenvalue weighted by Gasteiger charge is -2.26. The van der Waals surface area contributed by atoms with Gasteiger partial charge in [0.15, 0.2) is 0 Å². The van der Waals surface area contributed by atoms with Gasteiger partial charge >= 0.3 is 6.09 Å². The Morgan fingerprint density at radius 3 is 2.53 bits per heavy atom. The average Bonchev–Trinajstić information content (AvgIpc) is 2.46. The summed E-state index contributed by atoms with van der Waals surface area (Å²) in [6.07, 6.45) is 0.436. The fraction of sp³-hybridized carbons (Fsp3) is 0.900. The Morgan fingerprint density at radius 1 is 1.53 bits per heavy atom. The molecule has 0 saturated carbocycles. The summed E-state index contributed by atoms with van der Waals surface area (Å²) in [4.78, 5) is 13.3. The van der Waals surface area contributed by atoms with Crippen molar-refractivity contribution in [1.82, 2.24) is 4.90 Å². The minimum atomic E-state index is -0.459. The highest BCUT2D eigenvalue weighted by Crippen LogP contribution is 2.20. The summed E-state index contributed by atoms with van der Waals surface area (Å²) in [5, 5.41) is 0. The zero-order valence-corrected chi connectivity index (χ0v) is 9.75. The topological polar surface area (TPSA) is 81.6 Å². The van der Waals surface area contributed by atoms with Gasteiger partial charge in [-0.3, -0.25) is 0 Å². The lowest BCUT2D eigenvalue weighted by Crippen LogP contribution is -2.50. The van der Waals surface area contributed by atoms with Crippen LogP contribution in [-0.2, 0) is 4.74 Å². The van der Waals surface area contributed by atoms with Crippen molar-refractivity contribution in [3.63, 3.8) is 0 Å². The van der Waals surface area contributed by atoms with Crippen LogP contribution in [0.4, 0.5) is 4.79 Å². The summed E-state index contributed by atoms with van der Waals surface area (Å²) in [5.41, 5.74) is 10.6. The van der Waals surface area contributed by atoms with E-state index in [1.54, 1.807) is 4.90 Å². The molecule has 1 aliphatic heterocycles. The van der Waals surface area contributed by atoms with E-state index in [0.29, 0.717) is 19.6 Å². The molecule has 5 heteroatoms. The van der Waals surface area contributed by atoms with Crippen molar-refractivity contribution in [2.24, 2.45) is 11.5 Å². The zero-order chi connectivity index (χ0) is 11.7. The largest absolute Gasteiger partial charge is 0.444 e. The van der Waals surface area contributed by atoms with Gasteiger partial charge in [-0.05, 0) is 27.2 Å². The molecule has 0 aromatic heterocycles. The zero-order valence-electron chi connectivity index (χ0n) is 9.75. The van der Waals surface area contributed by atoms with Gasteiger partial charge in [-0.15, -0.1) is 0 Å². The van der Waals surface area contributed by atoms with Crippen molar-refractivity contribution in [2.45, 2.75) is 38.3 Å². The summed E-state index contributed by atoms with van der Waals surface area (Å²) in [6.45, 7) is 7.05. The molecule has 4 N–H and O–H groups in total. The molecule has 1 aliphatic rings. The summed E-state index contributed by atoms with van der Waals surface area (Å²) < 4.78 is 5.25. The van der Waals surface area contributed by atoms with E-state index in [9.17, 15) is 4.79 Å². The molecule has 0 spiro atoms. The molecule has 0 aromatic carbocycles. The molecule has 1 amide bonds. The first-order chi connectivity index (χ1) is 6.76. The van der Waals surface area contributed by atoms with E-state index in [1.165, 1.54) is 0 Å². The van der Waals surface area contributed by atoms with Gasteiger partial charge < -0.3 is 21.1 Å². The van der Waals surface area contributed by atoms with Crippen molar-refractivity contribution in [3.8, 4) is 0 Å². The fourth-order valence-electron chi connectivity index (χ4n) is 1.54. The molecule has 1 fully saturated rings. The standard InChI is InChI=1S/C10H21N3O2/c1-9(2,3)15-8(14)13-5-4-10(12,6-11)7-13/h4-7,11-12H2,1-3H3/t10-/m1/s1. The van der Waals surface area contributed by atoms with Crippen molar-refractivity contribution in [1.29, 1.82) is 0 Å². The van der Waals surface area contributed by atoms with Gasteiger partial charge in [-0.1, -0.05) is 0 Å². The van der Waals surface area contributed by atoms with Gasteiger partial charge in [-0.25, -0.2) is 4.79 Å². The van der Waals surface area contributed by atoms with Crippen LogP contribution in [0.3, 0.4) is 0 Å². The quantitative estimate of drug-likeness (QED) is 0.658. The Kier molecular flexibility index (Phi) is 3.25. The number of ether oxygens (including phenoxy) is 1. The maximum atomic E-state index is 11.7. The Hall–Kier alpha value is -0.810. The number of rotatable bonds is 1. The number of carbonyl (C=O) groups excluding carboxylic acids is 1. The minimum absolute atomic E-state index is 0.303. The second kappa shape index (κ2) is 3.98. The van der Waals surface area contributed by atoms with Gasteiger partial charge in [0, 0.05) is 25.2 Å². The van der Waals surface area contributed by atoms with Crippen LogP contribution in [0.25, 0.3) is 0 Å². The summed E-state index contributed by atoms with van der Waals surface area (Å²) >= 11 is 0. The number of nitrogens with two attached hydrogens (primary N) is 2. The Bertz CT molecular complexity index is 250. The molecular formula is C10H21N3O2. The Balaban J connectivity index is 2.51. The van der Waals surface area contributed by atoms with Gasteiger partial charge in [-0.2, -0.15) is 0 Å². The lowest BCUT2D eigenvalue weighted by molar-refractivity contribution is 0.0285. The maximum absolute atomic E-state index is 11.7. The van der Waals surface area contributed by atoms with Crippen LogP contribution in [0, 0.1) is 0 Å². The smallest absolute Gasteiger partial charge is 0.410 e. The molecule has 1 heterocycles. The summed E-state index contributed by atoms with van der Waals surface area (Å²) in [5.74, 6) is 0. The van der Waals surface area contributed by atoms with Crippen molar-refractivity contribution >= 4 is 6.09 Å². The van der Waals surface area contributed by atoms with E-state index in [0.717, 1.165) is 6.42 Å². The van der Waals surface area contributed by atoms with Crippen LogP contribution in [0.2, 0.25) is 0 Å². The fourth-order valence-corrected chi connectivity index (χ4v) is 1.54. The molecule has 0 bridgehead atoms. The van der Waals surface area contributed by atoms with E-state index in [1.807, 2.05) is 20.8 Å². The molecule has 0 radical (unpaired) electrons. The first kappa shape index (κ1) is 12.3. The van der Waals surface area contributed by atoms with Gasteiger partial charge in [0.25, 0.3) is 0 Å². The van der Waals surface area contributed by atoms with Gasteiger partial charge in [0.2, 0.25) is 0 Å². The third-order valence-corrected chi connectivity index (χ3v) is 2.44. The molecule has 0 aliphatic carbocycles. The monoisotopic (exact) mass is 215 g/mol. The van der Waals surface area contributed by atoms with E-state index < -0.39 is 11.1 Å². The van der Waals surface area contributed by atoms with Crippen LogP contribution < -0.4 is 11.5 Å².